The SMILES string of the molecule is CCCCCCCCCCCCCCCCCCCCC(=O)O[C@H](COC(=O)CCCCCCCCCCCCCCCCCC)COP(=O)(O)OC[C@@H](O)COP(=O)(O)OC[C@@H](COC(=O)CCCCCCCCC(C)CC)OC(=O)CCCCCCCCCCCCCC(C)C. The molecule has 0 bridgehead atoms. The van der Waals surface area contributed by atoms with Gasteiger partial charge in [-0.1, -0.05) is 363 Å². The molecule has 19 heteroatoms. The molecule has 0 radical (unpaired) electrons. The lowest BCUT2D eigenvalue weighted by Crippen LogP contribution is -2.30. The van der Waals surface area contributed by atoms with Gasteiger partial charge in [-0.15, -0.1) is 0 Å². The van der Waals surface area contributed by atoms with E-state index in [2.05, 4.69) is 41.5 Å². The average molecular weight is 1440 g/mol. The first-order valence-corrected chi connectivity index (χ1v) is 44.0. The number of ether oxygens (including phenoxy) is 4. The molecule has 0 aliphatic carbocycles. The van der Waals surface area contributed by atoms with Gasteiger partial charge in [-0.3, -0.25) is 37.3 Å². The predicted octanol–water partition coefficient (Wildman–Crippen LogP) is 23.5. The Labute approximate surface area is 600 Å². The number of unbranched alkanes of at least 4 members (excludes halogenated alkanes) is 47. The molecule has 0 aromatic carbocycles. The molecule has 3 N–H and O–H groups in total. The monoisotopic (exact) mass is 1440 g/mol. The van der Waals surface area contributed by atoms with Gasteiger partial charge in [-0.25, -0.2) is 9.13 Å². The summed E-state index contributed by atoms with van der Waals surface area (Å²) in [4.78, 5) is 72.9. The van der Waals surface area contributed by atoms with E-state index >= 15 is 0 Å². The van der Waals surface area contributed by atoms with Crippen LogP contribution in [-0.4, -0.2) is 96.7 Å². The maximum atomic E-state index is 13.1. The number of hydrogen-bond donors (Lipinski definition) is 3. The van der Waals surface area contributed by atoms with Gasteiger partial charge in [-0.05, 0) is 37.5 Å². The van der Waals surface area contributed by atoms with E-state index < -0.39 is 97.5 Å². The van der Waals surface area contributed by atoms with Crippen LogP contribution in [0.3, 0.4) is 0 Å². The largest absolute Gasteiger partial charge is 0.472 e. The lowest BCUT2D eigenvalue weighted by molar-refractivity contribution is -0.161. The number of aliphatic hydroxyl groups is 1. The molecule has 0 aromatic rings. The van der Waals surface area contributed by atoms with E-state index in [4.69, 9.17) is 37.0 Å². The molecule has 98 heavy (non-hydrogen) atoms. The summed E-state index contributed by atoms with van der Waals surface area (Å²) < 4.78 is 68.7. The maximum Gasteiger partial charge on any atom is 0.472 e. The maximum absolute atomic E-state index is 13.1. The minimum atomic E-state index is -4.96. The highest BCUT2D eigenvalue weighted by Crippen LogP contribution is 2.45. The Morgan fingerprint density at radius 3 is 0.776 bits per heavy atom. The van der Waals surface area contributed by atoms with Crippen LogP contribution in [-0.2, 0) is 65.4 Å². The van der Waals surface area contributed by atoms with Gasteiger partial charge in [0.2, 0.25) is 0 Å². The number of carbonyl (C=O) groups excluding carboxylic acids is 4. The summed E-state index contributed by atoms with van der Waals surface area (Å²) in [7, 11) is -9.92. The van der Waals surface area contributed by atoms with Crippen molar-refractivity contribution < 1.29 is 80.2 Å². The van der Waals surface area contributed by atoms with E-state index in [9.17, 15) is 43.2 Å². The number of phosphoric ester groups is 2. The zero-order chi connectivity index (χ0) is 72.1. The minimum Gasteiger partial charge on any atom is -0.462 e. The Hall–Kier alpha value is -1.94. The summed E-state index contributed by atoms with van der Waals surface area (Å²) in [5.74, 6) is -0.615. The molecule has 0 fully saturated rings. The van der Waals surface area contributed by atoms with Gasteiger partial charge in [-0.2, -0.15) is 0 Å². The van der Waals surface area contributed by atoms with E-state index in [0.29, 0.717) is 25.7 Å². The molecule has 0 heterocycles. The number of hydrogen-bond acceptors (Lipinski definition) is 15. The standard InChI is InChI=1S/C79H154O17P2/c1-7-10-12-14-16-18-20-22-24-26-27-29-31-35-39-43-51-57-63-78(83)95-74(67-89-76(81)61-55-49-42-38-34-30-28-25-23-21-19-17-15-13-11-8-2)69-93-97(85,86)91-65-73(80)66-92-98(87,88)94-70-75(68-90-77(82)62-56-50-46-45-48-54-60-72(6)9-3)96-79(84)64-58-52-44-40-36-32-33-37-41-47-53-59-71(4)5/h71-75,80H,7-70H2,1-6H3,(H,85,86)(H,87,88)/t72?,73-,74-,75-/m1/s1. The third-order valence-corrected chi connectivity index (χ3v) is 20.7. The minimum absolute atomic E-state index is 0.106. The highest BCUT2D eigenvalue weighted by atomic mass is 31.2. The number of esters is 4. The smallest absolute Gasteiger partial charge is 0.462 e. The number of aliphatic hydroxyl groups excluding tert-OH is 1. The molecule has 0 aliphatic heterocycles. The second-order valence-electron chi connectivity index (χ2n) is 29.2. The normalized spacial score (nSPS) is 14.2. The van der Waals surface area contributed by atoms with E-state index in [-0.39, 0.29) is 25.7 Å². The average Bonchev–Trinajstić information content (AvgIpc) is 0.957. The summed E-state index contributed by atoms with van der Waals surface area (Å²) in [6.45, 7) is 9.58. The fourth-order valence-electron chi connectivity index (χ4n) is 12.2. The first kappa shape index (κ1) is 96.1. The highest BCUT2D eigenvalue weighted by molar-refractivity contribution is 7.47. The molecule has 0 aromatic heterocycles. The summed E-state index contributed by atoms with van der Waals surface area (Å²) >= 11 is 0. The van der Waals surface area contributed by atoms with Crippen molar-refractivity contribution in [2.45, 2.75) is 432 Å². The second-order valence-corrected chi connectivity index (χ2v) is 32.1. The van der Waals surface area contributed by atoms with Crippen LogP contribution in [0.2, 0.25) is 0 Å². The first-order chi connectivity index (χ1) is 47.4. The van der Waals surface area contributed by atoms with Crippen LogP contribution < -0.4 is 0 Å². The molecule has 0 aliphatic rings. The molecule has 0 rings (SSSR count). The van der Waals surface area contributed by atoms with Gasteiger partial charge in [0.05, 0.1) is 26.4 Å². The molecular formula is C79H154O17P2. The van der Waals surface area contributed by atoms with Crippen molar-refractivity contribution in [2.75, 3.05) is 39.6 Å². The lowest BCUT2D eigenvalue weighted by atomic mass is 10.00. The Morgan fingerprint density at radius 2 is 0.520 bits per heavy atom. The molecule has 3 unspecified atom stereocenters. The summed E-state index contributed by atoms with van der Waals surface area (Å²) in [5, 5.41) is 10.6. The summed E-state index contributed by atoms with van der Waals surface area (Å²) in [5.41, 5.74) is 0. The zero-order valence-corrected chi connectivity index (χ0v) is 65.9. The Morgan fingerprint density at radius 1 is 0.296 bits per heavy atom. The van der Waals surface area contributed by atoms with Gasteiger partial charge >= 0.3 is 39.5 Å². The van der Waals surface area contributed by atoms with E-state index in [0.717, 1.165) is 108 Å². The van der Waals surface area contributed by atoms with Gasteiger partial charge in [0.25, 0.3) is 0 Å². The van der Waals surface area contributed by atoms with Gasteiger partial charge in [0.1, 0.15) is 19.3 Å². The number of carbonyl (C=O) groups is 4. The van der Waals surface area contributed by atoms with Gasteiger partial charge in [0, 0.05) is 25.7 Å². The van der Waals surface area contributed by atoms with Crippen molar-refractivity contribution in [1.29, 1.82) is 0 Å². The molecule has 0 amide bonds. The predicted molar refractivity (Wildman–Crippen MR) is 400 cm³/mol. The van der Waals surface area contributed by atoms with E-state index in [1.165, 1.54) is 225 Å². The Kier molecular flexibility index (Phi) is 69.3. The van der Waals surface area contributed by atoms with Gasteiger partial charge < -0.3 is 33.8 Å². The van der Waals surface area contributed by atoms with Crippen LogP contribution in [0.4, 0.5) is 0 Å². The van der Waals surface area contributed by atoms with Crippen molar-refractivity contribution in [3.05, 3.63) is 0 Å². The Balaban J connectivity index is 5.25. The van der Waals surface area contributed by atoms with Crippen molar-refractivity contribution in [3.8, 4) is 0 Å². The first-order valence-electron chi connectivity index (χ1n) is 41.0. The van der Waals surface area contributed by atoms with E-state index in [1.807, 2.05) is 0 Å². The second kappa shape index (κ2) is 70.7. The van der Waals surface area contributed by atoms with Crippen LogP contribution >= 0.6 is 15.6 Å². The fourth-order valence-corrected chi connectivity index (χ4v) is 13.7. The molecule has 6 atom stereocenters. The summed E-state index contributed by atoms with van der Waals surface area (Å²) in [6, 6.07) is 0. The van der Waals surface area contributed by atoms with Crippen LogP contribution in [0, 0.1) is 11.8 Å². The lowest BCUT2D eigenvalue weighted by Gasteiger charge is -2.21. The summed E-state index contributed by atoms with van der Waals surface area (Å²) in [6.07, 6.45) is 59.7. The molecule has 0 spiro atoms. The third kappa shape index (κ3) is 71.1. The highest BCUT2D eigenvalue weighted by Gasteiger charge is 2.30. The number of rotatable bonds is 78. The topological polar surface area (TPSA) is 237 Å². The Bertz CT molecular complexity index is 1890. The van der Waals surface area contributed by atoms with Crippen molar-refractivity contribution in [2.24, 2.45) is 11.8 Å². The molecule has 17 nitrogen and oxygen atoms in total. The van der Waals surface area contributed by atoms with E-state index in [1.54, 1.807) is 0 Å². The van der Waals surface area contributed by atoms with Crippen LogP contribution in [0.15, 0.2) is 0 Å². The fraction of sp³-hybridized carbons (Fsp3) is 0.949. The van der Waals surface area contributed by atoms with Crippen LogP contribution in [0.25, 0.3) is 0 Å². The number of phosphoric acid groups is 2. The van der Waals surface area contributed by atoms with Crippen LogP contribution in [0.5, 0.6) is 0 Å². The van der Waals surface area contributed by atoms with Crippen LogP contribution in [0.1, 0.15) is 414 Å². The zero-order valence-electron chi connectivity index (χ0n) is 64.1. The molecule has 582 valence electrons. The third-order valence-electron chi connectivity index (χ3n) is 18.8. The van der Waals surface area contributed by atoms with Crippen molar-refractivity contribution in [1.82, 2.24) is 0 Å². The van der Waals surface area contributed by atoms with Crippen molar-refractivity contribution >= 4 is 39.5 Å². The molecule has 0 saturated heterocycles. The quantitative estimate of drug-likeness (QED) is 0.0222. The molecule has 0 saturated carbocycles. The van der Waals surface area contributed by atoms with Crippen molar-refractivity contribution in [3.63, 3.8) is 0 Å². The van der Waals surface area contributed by atoms with Gasteiger partial charge in [0.15, 0.2) is 12.2 Å². The molecular weight excluding hydrogens is 1280 g/mol.